The maximum Gasteiger partial charge on any atom is 0.132 e. The molecule has 0 radical (unpaired) electrons. The van der Waals surface area contributed by atoms with E-state index >= 15 is 0 Å². The largest absolute Gasteiger partial charge is 0.353 e. The van der Waals surface area contributed by atoms with Gasteiger partial charge in [0.05, 0.1) is 0 Å². The van der Waals surface area contributed by atoms with Gasteiger partial charge in [0.25, 0.3) is 0 Å². The van der Waals surface area contributed by atoms with E-state index in [4.69, 9.17) is 4.98 Å². The van der Waals surface area contributed by atoms with Crippen molar-refractivity contribution in [3.05, 3.63) is 17.6 Å². The Bertz CT molecular complexity index is 450. The summed E-state index contributed by atoms with van der Waals surface area (Å²) < 4.78 is 0. The molecule has 1 saturated carbocycles. The molecule has 1 aliphatic heterocycles. The Balaban J connectivity index is 1.77. The molecule has 1 aliphatic carbocycles. The Hall–Kier alpha value is -1.16. The van der Waals surface area contributed by atoms with Gasteiger partial charge in [0.15, 0.2) is 0 Å². The van der Waals surface area contributed by atoms with Gasteiger partial charge < -0.3 is 10.2 Å². The molecule has 4 heteroatoms. The van der Waals surface area contributed by atoms with E-state index in [9.17, 15) is 0 Å². The van der Waals surface area contributed by atoms with Crippen LogP contribution in [0.1, 0.15) is 44.1 Å². The fourth-order valence-corrected chi connectivity index (χ4v) is 3.11. The van der Waals surface area contributed by atoms with Crippen LogP contribution in [0.2, 0.25) is 0 Å². The first-order valence-electron chi connectivity index (χ1n) is 8.08. The van der Waals surface area contributed by atoms with E-state index in [2.05, 4.69) is 28.2 Å². The SMILES string of the molecule is CCc1cc(N(CC2CCCNC2)C2CC2)nc(C)n1. The monoisotopic (exact) mass is 274 g/mol. The highest BCUT2D eigenvalue weighted by atomic mass is 15.2. The average Bonchev–Trinajstić information content (AvgIpc) is 3.29. The van der Waals surface area contributed by atoms with Crippen LogP contribution in [0.25, 0.3) is 0 Å². The smallest absolute Gasteiger partial charge is 0.132 e. The van der Waals surface area contributed by atoms with Gasteiger partial charge in [-0.2, -0.15) is 0 Å². The third kappa shape index (κ3) is 3.29. The number of piperidine rings is 1. The molecule has 0 aromatic carbocycles. The van der Waals surface area contributed by atoms with Crippen molar-refractivity contribution in [3.8, 4) is 0 Å². The van der Waals surface area contributed by atoms with Gasteiger partial charge in [-0.25, -0.2) is 9.97 Å². The average molecular weight is 274 g/mol. The Morgan fingerprint density at radius 2 is 2.15 bits per heavy atom. The zero-order valence-corrected chi connectivity index (χ0v) is 12.7. The summed E-state index contributed by atoms with van der Waals surface area (Å²) in [5, 5.41) is 3.53. The van der Waals surface area contributed by atoms with E-state index in [1.54, 1.807) is 0 Å². The van der Waals surface area contributed by atoms with Crippen LogP contribution >= 0.6 is 0 Å². The first kappa shape index (κ1) is 13.8. The van der Waals surface area contributed by atoms with Gasteiger partial charge in [-0.3, -0.25) is 0 Å². The molecule has 1 saturated heterocycles. The fourth-order valence-electron chi connectivity index (χ4n) is 3.11. The van der Waals surface area contributed by atoms with Gasteiger partial charge in [-0.15, -0.1) is 0 Å². The topological polar surface area (TPSA) is 41.0 Å². The van der Waals surface area contributed by atoms with Crippen LogP contribution < -0.4 is 10.2 Å². The van der Waals surface area contributed by atoms with Crippen LogP contribution in [0.15, 0.2) is 6.07 Å². The molecule has 4 nitrogen and oxygen atoms in total. The minimum Gasteiger partial charge on any atom is -0.353 e. The Kier molecular flexibility index (Phi) is 4.20. The number of aryl methyl sites for hydroxylation is 2. The van der Waals surface area contributed by atoms with Crippen LogP contribution in [0, 0.1) is 12.8 Å². The van der Waals surface area contributed by atoms with Crippen molar-refractivity contribution in [1.29, 1.82) is 0 Å². The standard InChI is InChI=1S/C16H26N4/c1-3-14-9-16(19-12(2)18-14)20(15-6-7-15)11-13-5-4-8-17-10-13/h9,13,15,17H,3-8,10-11H2,1-2H3. The van der Waals surface area contributed by atoms with E-state index < -0.39 is 0 Å². The van der Waals surface area contributed by atoms with Gasteiger partial charge in [-0.05, 0) is 58.0 Å². The van der Waals surface area contributed by atoms with Crippen LogP contribution in [0.4, 0.5) is 5.82 Å². The lowest BCUT2D eigenvalue weighted by molar-refractivity contribution is 0.375. The first-order valence-corrected chi connectivity index (χ1v) is 8.08. The number of nitrogens with zero attached hydrogens (tertiary/aromatic N) is 3. The third-order valence-electron chi connectivity index (χ3n) is 4.38. The van der Waals surface area contributed by atoms with Crippen LogP contribution in [-0.4, -0.2) is 35.6 Å². The molecular formula is C16H26N4. The molecule has 1 unspecified atom stereocenters. The lowest BCUT2D eigenvalue weighted by Gasteiger charge is -2.31. The number of aromatic nitrogens is 2. The summed E-state index contributed by atoms with van der Waals surface area (Å²) >= 11 is 0. The number of nitrogens with one attached hydrogen (secondary N) is 1. The molecule has 3 rings (SSSR count). The van der Waals surface area contributed by atoms with Crippen molar-refractivity contribution in [1.82, 2.24) is 15.3 Å². The lowest BCUT2D eigenvalue weighted by atomic mass is 9.99. The van der Waals surface area contributed by atoms with Crippen molar-refractivity contribution in [2.45, 2.75) is 52.0 Å². The molecule has 0 amide bonds. The highest BCUT2D eigenvalue weighted by Gasteiger charge is 2.32. The summed E-state index contributed by atoms with van der Waals surface area (Å²) in [5.74, 6) is 2.83. The molecule has 1 atom stereocenters. The van der Waals surface area contributed by atoms with Crippen molar-refractivity contribution >= 4 is 5.82 Å². The normalized spacial score (nSPS) is 22.8. The quantitative estimate of drug-likeness (QED) is 0.894. The van der Waals surface area contributed by atoms with Gasteiger partial charge in [0, 0.05) is 24.3 Å². The summed E-state index contributed by atoms with van der Waals surface area (Å²) in [7, 11) is 0. The van der Waals surface area contributed by atoms with Crippen molar-refractivity contribution in [2.75, 3.05) is 24.5 Å². The lowest BCUT2D eigenvalue weighted by Crippen LogP contribution is -2.39. The van der Waals surface area contributed by atoms with Crippen LogP contribution in [0.5, 0.6) is 0 Å². The fraction of sp³-hybridized carbons (Fsp3) is 0.750. The van der Waals surface area contributed by atoms with Gasteiger partial charge >= 0.3 is 0 Å². The zero-order chi connectivity index (χ0) is 13.9. The molecule has 110 valence electrons. The van der Waals surface area contributed by atoms with Gasteiger partial charge in [0.2, 0.25) is 0 Å². The molecule has 0 bridgehead atoms. The third-order valence-corrected chi connectivity index (χ3v) is 4.38. The van der Waals surface area contributed by atoms with E-state index in [1.165, 1.54) is 37.9 Å². The molecule has 0 spiro atoms. The summed E-state index contributed by atoms with van der Waals surface area (Å²) in [5.41, 5.74) is 1.17. The van der Waals surface area contributed by atoms with Gasteiger partial charge in [0.1, 0.15) is 11.6 Å². The molecule has 2 fully saturated rings. The maximum absolute atomic E-state index is 4.70. The van der Waals surface area contributed by atoms with Crippen LogP contribution in [0.3, 0.4) is 0 Å². The van der Waals surface area contributed by atoms with E-state index in [0.717, 1.165) is 43.1 Å². The van der Waals surface area contributed by atoms with Crippen molar-refractivity contribution in [2.24, 2.45) is 5.92 Å². The summed E-state index contributed by atoms with van der Waals surface area (Å²) in [6.07, 6.45) is 6.29. The molecule has 1 N–H and O–H groups in total. The molecule has 20 heavy (non-hydrogen) atoms. The second-order valence-corrected chi connectivity index (χ2v) is 6.21. The number of hydrogen-bond acceptors (Lipinski definition) is 4. The maximum atomic E-state index is 4.70. The summed E-state index contributed by atoms with van der Waals surface area (Å²) in [4.78, 5) is 11.8. The minimum absolute atomic E-state index is 0.718. The molecule has 1 aromatic rings. The predicted octanol–water partition coefficient (Wildman–Crippen LogP) is 2.32. The second-order valence-electron chi connectivity index (χ2n) is 6.21. The minimum atomic E-state index is 0.718. The van der Waals surface area contributed by atoms with E-state index in [-0.39, 0.29) is 0 Å². The van der Waals surface area contributed by atoms with E-state index in [1.807, 2.05) is 6.92 Å². The van der Waals surface area contributed by atoms with E-state index in [0.29, 0.717) is 0 Å². The number of hydrogen-bond donors (Lipinski definition) is 1. The second kappa shape index (κ2) is 6.08. The summed E-state index contributed by atoms with van der Waals surface area (Å²) in [6, 6.07) is 2.91. The first-order chi connectivity index (χ1) is 9.76. The number of rotatable bonds is 5. The highest BCUT2D eigenvalue weighted by molar-refractivity contribution is 5.43. The van der Waals surface area contributed by atoms with Crippen molar-refractivity contribution in [3.63, 3.8) is 0 Å². The number of anilines is 1. The molecule has 1 aromatic heterocycles. The summed E-state index contributed by atoms with van der Waals surface area (Å²) in [6.45, 7) is 7.67. The van der Waals surface area contributed by atoms with Crippen LogP contribution in [-0.2, 0) is 6.42 Å². The predicted molar refractivity (Wildman–Crippen MR) is 82.1 cm³/mol. The molecule has 2 aliphatic rings. The Morgan fingerprint density at radius 3 is 2.80 bits per heavy atom. The molecule has 2 heterocycles. The van der Waals surface area contributed by atoms with Crippen molar-refractivity contribution < 1.29 is 0 Å². The highest BCUT2D eigenvalue weighted by Crippen LogP contribution is 2.32. The Labute approximate surface area is 122 Å². The molecular weight excluding hydrogens is 248 g/mol. The van der Waals surface area contributed by atoms with Gasteiger partial charge in [-0.1, -0.05) is 6.92 Å². The Morgan fingerprint density at radius 1 is 1.30 bits per heavy atom. The zero-order valence-electron chi connectivity index (χ0n) is 12.7.